The van der Waals surface area contributed by atoms with Crippen LogP contribution in [0.3, 0.4) is 0 Å². The number of fused-ring (bicyclic) bond motifs is 2. The van der Waals surface area contributed by atoms with Crippen molar-refractivity contribution in [1.82, 2.24) is 15.5 Å². The van der Waals surface area contributed by atoms with Gasteiger partial charge in [-0.2, -0.15) is 0 Å². The Labute approximate surface area is 152 Å². The van der Waals surface area contributed by atoms with Gasteiger partial charge in [0.05, 0.1) is 0 Å². The zero-order valence-electron chi connectivity index (χ0n) is 14.7. The van der Waals surface area contributed by atoms with E-state index in [1.54, 1.807) is 0 Å². The summed E-state index contributed by atoms with van der Waals surface area (Å²) < 4.78 is 0. The van der Waals surface area contributed by atoms with Gasteiger partial charge >= 0.3 is 0 Å². The van der Waals surface area contributed by atoms with Crippen LogP contribution in [-0.2, 0) is 4.79 Å². The van der Waals surface area contributed by atoms with E-state index in [9.17, 15) is 4.79 Å². The molecule has 2 fully saturated rings. The van der Waals surface area contributed by atoms with Gasteiger partial charge in [0.2, 0.25) is 11.0 Å². The molecular formula is C19H24N4OS. The van der Waals surface area contributed by atoms with Crippen molar-refractivity contribution in [3.63, 3.8) is 0 Å². The molecule has 3 heterocycles. The summed E-state index contributed by atoms with van der Waals surface area (Å²) in [6.07, 6.45) is 5.35. The van der Waals surface area contributed by atoms with E-state index in [4.69, 9.17) is 0 Å². The van der Waals surface area contributed by atoms with Gasteiger partial charge in [-0.05, 0) is 57.6 Å². The summed E-state index contributed by atoms with van der Waals surface area (Å²) in [6.45, 7) is 4.15. The minimum absolute atomic E-state index is 0.0643. The maximum Gasteiger partial charge on any atom is 0.226 e. The first kappa shape index (κ1) is 16.7. The largest absolute Gasteiger partial charge is 0.311 e. The third-order valence-electron chi connectivity index (χ3n) is 5.18. The van der Waals surface area contributed by atoms with Crippen molar-refractivity contribution in [3.8, 4) is 10.6 Å². The summed E-state index contributed by atoms with van der Waals surface area (Å²) >= 11 is 1.44. The molecule has 1 aromatic carbocycles. The molecule has 2 atom stereocenters. The third kappa shape index (κ3) is 3.90. The first-order valence-electron chi connectivity index (χ1n) is 9.03. The molecule has 2 saturated heterocycles. The van der Waals surface area contributed by atoms with Gasteiger partial charge in [-0.3, -0.25) is 4.79 Å². The van der Waals surface area contributed by atoms with E-state index in [1.165, 1.54) is 35.3 Å². The number of aryl methyl sites for hydroxylation is 2. The van der Waals surface area contributed by atoms with Crippen molar-refractivity contribution in [3.05, 3.63) is 29.3 Å². The van der Waals surface area contributed by atoms with Crippen LogP contribution in [0.5, 0.6) is 0 Å². The molecule has 2 aliphatic heterocycles. The van der Waals surface area contributed by atoms with Gasteiger partial charge in [-0.15, -0.1) is 10.2 Å². The zero-order valence-corrected chi connectivity index (χ0v) is 15.5. The third-order valence-corrected chi connectivity index (χ3v) is 6.07. The highest BCUT2D eigenvalue weighted by Crippen LogP contribution is 2.33. The highest BCUT2D eigenvalue weighted by Gasteiger charge is 2.34. The molecule has 4 rings (SSSR count). The quantitative estimate of drug-likeness (QED) is 0.877. The molecule has 0 saturated carbocycles. The fraction of sp³-hybridized carbons (Fsp3) is 0.526. The lowest BCUT2D eigenvalue weighted by Crippen LogP contribution is -2.39. The Hall–Kier alpha value is -1.79. The van der Waals surface area contributed by atoms with Gasteiger partial charge in [-0.1, -0.05) is 28.5 Å². The van der Waals surface area contributed by atoms with Crippen LogP contribution >= 0.6 is 11.3 Å². The Morgan fingerprint density at radius 2 is 1.84 bits per heavy atom. The maximum absolute atomic E-state index is 12.4. The van der Waals surface area contributed by atoms with Gasteiger partial charge in [0.1, 0.15) is 5.01 Å². The Morgan fingerprint density at radius 1 is 1.16 bits per heavy atom. The van der Waals surface area contributed by atoms with E-state index in [-0.39, 0.29) is 5.91 Å². The smallest absolute Gasteiger partial charge is 0.226 e. The van der Waals surface area contributed by atoms with Crippen molar-refractivity contribution in [2.24, 2.45) is 5.92 Å². The number of hydrogen-bond donors (Lipinski definition) is 2. The molecule has 6 heteroatoms. The van der Waals surface area contributed by atoms with Crippen LogP contribution in [0, 0.1) is 19.8 Å². The number of piperidine rings is 1. The molecule has 0 spiro atoms. The summed E-state index contributed by atoms with van der Waals surface area (Å²) in [5.41, 5.74) is 3.47. The number of benzene rings is 1. The van der Waals surface area contributed by atoms with E-state index in [0.29, 0.717) is 29.6 Å². The zero-order chi connectivity index (χ0) is 17.4. The summed E-state index contributed by atoms with van der Waals surface area (Å²) in [6, 6.07) is 7.58. The van der Waals surface area contributed by atoms with E-state index in [0.717, 1.165) is 23.4 Å². The molecule has 2 aromatic rings. The number of nitrogens with one attached hydrogen (secondary N) is 2. The summed E-state index contributed by atoms with van der Waals surface area (Å²) in [5.74, 6) is 0.556. The Kier molecular flexibility index (Phi) is 4.56. The average molecular weight is 356 g/mol. The number of nitrogens with zero attached hydrogens (tertiary/aromatic N) is 2. The minimum atomic E-state index is 0.0643. The van der Waals surface area contributed by atoms with E-state index < -0.39 is 0 Å². The van der Waals surface area contributed by atoms with Crippen LogP contribution in [0.2, 0.25) is 0 Å². The van der Waals surface area contributed by atoms with Crippen LogP contribution in [0.1, 0.15) is 43.2 Å². The molecule has 2 N–H and O–H groups in total. The lowest BCUT2D eigenvalue weighted by Gasteiger charge is -2.28. The fourth-order valence-electron chi connectivity index (χ4n) is 4.26. The first-order chi connectivity index (χ1) is 12.0. The van der Waals surface area contributed by atoms with E-state index >= 15 is 0 Å². The summed E-state index contributed by atoms with van der Waals surface area (Å²) in [7, 11) is 0. The molecular weight excluding hydrogens is 332 g/mol. The van der Waals surface area contributed by atoms with Gasteiger partial charge in [-0.25, -0.2) is 0 Å². The van der Waals surface area contributed by atoms with Gasteiger partial charge < -0.3 is 10.6 Å². The number of amides is 1. The van der Waals surface area contributed by atoms with Crippen molar-refractivity contribution in [1.29, 1.82) is 0 Å². The van der Waals surface area contributed by atoms with Crippen LogP contribution in [0.4, 0.5) is 5.13 Å². The van der Waals surface area contributed by atoms with Crippen molar-refractivity contribution in [2.75, 3.05) is 5.32 Å². The lowest BCUT2D eigenvalue weighted by molar-refractivity contribution is -0.117. The second-order valence-electron chi connectivity index (χ2n) is 7.52. The van der Waals surface area contributed by atoms with Crippen molar-refractivity contribution < 1.29 is 4.79 Å². The second-order valence-corrected chi connectivity index (χ2v) is 8.49. The second kappa shape index (κ2) is 6.84. The SMILES string of the molecule is Cc1cc(C)cc(-c2nnc(NC(=O)CC3CC4CCC(C3)N4)s2)c1. The molecule has 2 aliphatic rings. The fourth-order valence-corrected chi connectivity index (χ4v) is 5.01. The first-order valence-corrected chi connectivity index (χ1v) is 9.85. The Bertz CT molecular complexity index is 755. The molecule has 2 unspecified atom stereocenters. The number of rotatable bonds is 4. The Morgan fingerprint density at radius 3 is 2.52 bits per heavy atom. The van der Waals surface area contributed by atoms with Gasteiger partial charge in [0.25, 0.3) is 0 Å². The predicted molar refractivity (Wildman–Crippen MR) is 101 cm³/mol. The molecule has 1 amide bonds. The molecule has 2 bridgehead atoms. The molecule has 1 aromatic heterocycles. The van der Waals surface area contributed by atoms with E-state index in [2.05, 4.69) is 52.9 Å². The number of carbonyl (C=O) groups is 1. The molecule has 0 radical (unpaired) electrons. The monoisotopic (exact) mass is 356 g/mol. The van der Waals surface area contributed by atoms with Crippen LogP contribution in [0.25, 0.3) is 10.6 Å². The molecule has 132 valence electrons. The molecule has 0 aliphatic carbocycles. The van der Waals surface area contributed by atoms with Gasteiger partial charge in [0.15, 0.2) is 0 Å². The number of aromatic nitrogens is 2. The van der Waals surface area contributed by atoms with Crippen LogP contribution in [-0.4, -0.2) is 28.2 Å². The van der Waals surface area contributed by atoms with E-state index in [1.807, 2.05) is 0 Å². The number of hydrogen-bond acceptors (Lipinski definition) is 5. The van der Waals surface area contributed by atoms with Gasteiger partial charge in [0, 0.05) is 24.1 Å². The highest BCUT2D eigenvalue weighted by molar-refractivity contribution is 7.18. The Balaban J connectivity index is 1.38. The topological polar surface area (TPSA) is 66.9 Å². The molecule has 5 nitrogen and oxygen atoms in total. The van der Waals surface area contributed by atoms with Crippen LogP contribution in [0.15, 0.2) is 18.2 Å². The predicted octanol–water partition coefficient (Wildman–Crippen LogP) is 3.68. The highest BCUT2D eigenvalue weighted by atomic mass is 32.1. The maximum atomic E-state index is 12.4. The summed E-state index contributed by atoms with van der Waals surface area (Å²) in [4.78, 5) is 12.4. The average Bonchev–Trinajstić information content (AvgIpc) is 3.13. The normalized spacial score (nSPS) is 25.1. The number of carbonyl (C=O) groups excluding carboxylic acids is 1. The van der Waals surface area contributed by atoms with Crippen molar-refractivity contribution >= 4 is 22.4 Å². The molecule has 25 heavy (non-hydrogen) atoms. The minimum Gasteiger partial charge on any atom is -0.311 e. The number of anilines is 1. The summed E-state index contributed by atoms with van der Waals surface area (Å²) in [5, 5.41) is 16.4. The van der Waals surface area contributed by atoms with Crippen molar-refractivity contribution in [2.45, 2.75) is 58.0 Å². The standard InChI is InChI=1S/C19H24N4OS/c1-11-5-12(2)7-14(6-11)18-22-23-19(25-18)21-17(24)10-13-8-15-3-4-16(9-13)20-15/h5-7,13,15-16,20H,3-4,8-10H2,1-2H3,(H,21,23,24). The van der Waals surface area contributed by atoms with Crippen LogP contribution < -0.4 is 10.6 Å². The lowest BCUT2D eigenvalue weighted by atomic mass is 9.89.